The van der Waals surface area contributed by atoms with Crippen molar-refractivity contribution in [3.05, 3.63) is 34.9 Å². The van der Waals surface area contributed by atoms with E-state index >= 15 is 0 Å². The third kappa shape index (κ3) is 5.38. The molecule has 10 heteroatoms. The van der Waals surface area contributed by atoms with Gasteiger partial charge in [0.1, 0.15) is 6.04 Å². The first-order chi connectivity index (χ1) is 10.5. The number of esters is 1. The molecule has 1 rings (SSSR count). The van der Waals surface area contributed by atoms with Crippen LogP contribution in [-0.4, -0.2) is 24.6 Å². The standard InChI is InChI=1S/C13H11F6NO2S/c1-22-11(21)10(20-6-23)4-7-2-8(12(14,15)16)5-9(3-7)13(17,18)19/h2-3,5-6,10H,4H2,1H3,(H,20,23). The van der Waals surface area contributed by atoms with Crippen molar-refractivity contribution in [2.75, 3.05) is 7.11 Å². The first-order valence-electron chi connectivity index (χ1n) is 6.05. The van der Waals surface area contributed by atoms with Crippen LogP contribution in [0.4, 0.5) is 26.3 Å². The number of alkyl halides is 6. The maximum absolute atomic E-state index is 12.7. The maximum atomic E-state index is 12.7. The van der Waals surface area contributed by atoms with E-state index in [0.717, 1.165) is 12.6 Å². The van der Waals surface area contributed by atoms with E-state index in [2.05, 4.69) is 22.3 Å². The zero-order chi connectivity index (χ0) is 17.8. The highest BCUT2D eigenvalue weighted by atomic mass is 32.1. The van der Waals surface area contributed by atoms with Gasteiger partial charge in [0.05, 0.1) is 23.7 Å². The molecular formula is C13H11F6NO2S. The van der Waals surface area contributed by atoms with Crippen molar-refractivity contribution in [2.45, 2.75) is 24.8 Å². The third-order valence-electron chi connectivity index (χ3n) is 2.84. The molecule has 0 aliphatic carbocycles. The Balaban J connectivity index is 3.28. The summed E-state index contributed by atoms with van der Waals surface area (Å²) in [6, 6.07) is -0.0717. The van der Waals surface area contributed by atoms with Crippen LogP contribution in [-0.2, 0) is 28.3 Å². The van der Waals surface area contributed by atoms with Gasteiger partial charge < -0.3 is 10.1 Å². The van der Waals surface area contributed by atoms with Crippen LogP contribution >= 0.6 is 12.2 Å². The van der Waals surface area contributed by atoms with Crippen molar-refractivity contribution >= 4 is 23.7 Å². The van der Waals surface area contributed by atoms with Crippen LogP contribution in [0.1, 0.15) is 16.7 Å². The SMILES string of the molecule is COC(=O)C(Cc1cc(C(F)(F)F)cc(C(F)(F)F)c1)NC=S. The van der Waals surface area contributed by atoms with Crippen LogP contribution in [0.3, 0.4) is 0 Å². The number of hydrogen-bond donors (Lipinski definition) is 1. The van der Waals surface area contributed by atoms with Gasteiger partial charge >= 0.3 is 18.3 Å². The molecule has 0 fully saturated rings. The lowest BCUT2D eigenvalue weighted by molar-refractivity contribution is -0.143. The van der Waals surface area contributed by atoms with Gasteiger partial charge in [-0.2, -0.15) is 26.3 Å². The van der Waals surface area contributed by atoms with E-state index in [9.17, 15) is 31.1 Å². The molecule has 0 heterocycles. The monoisotopic (exact) mass is 359 g/mol. The smallest absolute Gasteiger partial charge is 0.416 e. The van der Waals surface area contributed by atoms with Crippen LogP contribution in [0.25, 0.3) is 0 Å². The number of carbonyl (C=O) groups excluding carboxylic acids is 1. The summed E-state index contributed by atoms with van der Waals surface area (Å²) in [5, 5.41) is 2.35. The van der Waals surface area contributed by atoms with Gasteiger partial charge in [0.15, 0.2) is 0 Å². The lowest BCUT2D eigenvalue weighted by Gasteiger charge is -2.17. The molecule has 0 spiro atoms. The minimum Gasteiger partial charge on any atom is -0.467 e. The summed E-state index contributed by atoms with van der Waals surface area (Å²) in [6.45, 7) is 0. The number of hydrogen-bond acceptors (Lipinski definition) is 3. The number of methoxy groups -OCH3 is 1. The Morgan fingerprint density at radius 2 is 1.65 bits per heavy atom. The minimum absolute atomic E-state index is 0.0171. The Labute approximate surface area is 132 Å². The molecule has 1 aromatic rings. The summed E-state index contributed by atoms with van der Waals surface area (Å²) in [6.07, 6.45) is -10.4. The van der Waals surface area contributed by atoms with E-state index < -0.39 is 41.9 Å². The predicted octanol–water partition coefficient (Wildman–Crippen LogP) is 3.36. The van der Waals surface area contributed by atoms with Gasteiger partial charge in [-0.05, 0) is 23.8 Å². The van der Waals surface area contributed by atoms with Crippen molar-refractivity contribution in [2.24, 2.45) is 0 Å². The number of nitrogens with one attached hydrogen (secondary N) is 1. The Morgan fingerprint density at radius 1 is 1.17 bits per heavy atom. The predicted molar refractivity (Wildman–Crippen MR) is 72.7 cm³/mol. The average Bonchev–Trinajstić information content (AvgIpc) is 2.43. The van der Waals surface area contributed by atoms with Crippen molar-refractivity contribution < 1.29 is 35.9 Å². The van der Waals surface area contributed by atoms with E-state index in [1.165, 1.54) is 0 Å². The molecule has 1 atom stereocenters. The Morgan fingerprint density at radius 3 is 2.00 bits per heavy atom. The quantitative estimate of drug-likeness (QED) is 0.497. The summed E-state index contributed by atoms with van der Waals surface area (Å²) in [4.78, 5) is 11.5. The largest absolute Gasteiger partial charge is 0.467 e. The van der Waals surface area contributed by atoms with Crippen LogP contribution in [0.5, 0.6) is 0 Å². The first-order valence-corrected chi connectivity index (χ1v) is 6.52. The summed E-state index contributed by atoms with van der Waals surface area (Å²) < 4.78 is 80.9. The first kappa shape index (κ1) is 19.2. The molecule has 0 bridgehead atoms. The van der Waals surface area contributed by atoms with Gasteiger partial charge in [0.25, 0.3) is 0 Å². The summed E-state index contributed by atoms with van der Waals surface area (Å²) in [5.41, 5.74) is -2.30. The average molecular weight is 359 g/mol. The normalized spacial score (nSPS) is 13.3. The molecule has 128 valence electrons. The minimum atomic E-state index is -4.95. The van der Waals surface area contributed by atoms with Crippen LogP contribution in [0.15, 0.2) is 18.2 Å². The van der Waals surface area contributed by atoms with E-state index in [1.54, 1.807) is 0 Å². The van der Waals surface area contributed by atoms with Gasteiger partial charge in [0.2, 0.25) is 0 Å². The molecule has 23 heavy (non-hydrogen) atoms. The van der Waals surface area contributed by atoms with Crippen molar-refractivity contribution in [3.8, 4) is 0 Å². The topological polar surface area (TPSA) is 38.3 Å². The lowest BCUT2D eigenvalue weighted by Crippen LogP contribution is -2.38. The van der Waals surface area contributed by atoms with Gasteiger partial charge in [-0.1, -0.05) is 12.2 Å². The fourth-order valence-corrected chi connectivity index (χ4v) is 1.97. The van der Waals surface area contributed by atoms with Crippen molar-refractivity contribution in [3.63, 3.8) is 0 Å². The Hall–Kier alpha value is -1.84. The molecule has 0 saturated heterocycles. The molecule has 1 N–H and O–H groups in total. The fourth-order valence-electron chi connectivity index (χ4n) is 1.81. The molecule has 1 unspecified atom stereocenters. The van der Waals surface area contributed by atoms with E-state index in [1.807, 2.05) is 0 Å². The molecule has 0 aromatic heterocycles. The number of benzene rings is 1. The highest BCUT2D eigenvalue weighted by Crippen LogP contribution is 2.36. The fraction of sp³-hybridized carbons (Fsp3) is 0.385. The van der Waals surface area contributed by atoms with Crippen molar-refractivity contribution in [1.82, 2.24) is 5.32 Å². The number of thiocarbonyl (C=S) groups is 1. The summed E-state index contributed by atoms with van der Waals surface area (Å²) >= 11 is 4.48. The number of halogens is 6. The molecule has 0 amide bonds. The van der Waals surface area contributed by atoms with Gasteiger partial charge in [-0.3, -0.25) is 0 Å². The molecule has 1 aromatic carbocycles. The molecule has 3 nitrogen and oxygen atoms in total. The maximum Gasteiger partial charge on any atom is 0.416 e. The Kier molecular flexibility index (Phi) is 5.98. The summed E-state index contributed by atoms with van der Waals surface area (Å²) in [7, 11) is 1.04. The zero-order valence-corrected chi connectivity index (χ0v) is 12.4. The third-order valence-corrected chi connectivity index (χ3v) is 2.98. The van der Waals surface area contributed by atoms with E-state index in [4.69, 9.17) is 0 Å². The molecule has 0 aliphatic heterocycles. The second kappa shape index (κ2) is 7.16. The second-order valence-electron chi connectivity index (χ2n) is 4.48. The van der Waals surface area contributed by atoms with Crippen LogP contribution in [0.2, 0.25) is 0 Å². The number of carbonyl (C=O) groups is 1. The van der Waals surface area contributed by atoms with Gasteiger partial charge in [-0.25, -0.2) is 4.79 Å². The Bertz CT molecular complexity index is 553. The van der Waals surface area contributed by atoms with E-state index in [-0.39, 0.29) is 11.6 Å². The molecule has 0 aliphatic rings. The van der Waals surface area contributed by atoms with Gasteiger partial charge in [-0.15, -0.1) is 0 Å². The van der Waals surface area contributed by atoms with E-state index in [0.29, 0.717) is 12.1 Å². The highest BCUT2D eigenvalue weighted by Gasteiger charge is 2.37. The summed E-state index contributed by atoms with van der Waals surface area (Å²) in [5.74, 6) is -0.864. The lowest BCUT2D eigenvalue weighted by atomic mass is 9.99. The number of ether oxygens (including phenoxy) is 1. The zero-order valence-electron chi connectivity index (χ0n) is 11.6. The number of rotatable bonds is 5. The molecule has 0 saturated carbocycles. The highest BCUT2D eigenvalue weighted by molar-refractivity contribution is 7.78. The second-order valence-corrected chi connectivity index (χ2v) is 4.71. The van der Waals surface area contributed by atoms with Crippen molar-refractivity contribution in [1.29, 1.82) is 0 Å². The molecular weight excluding hydrogens is 348 g/mol. The van der Waals surface area contributed by atoms with Crippen LogP contribution in [0, 0.1) is 0 Å². The van der Waals surface area contributed by atoms with Gasteiger partial charge in [0, 0.05) is 6.42 Å². The molecule has 0 radical (unpaired) electrons. The van der Waals surface area contributed by atoms with Crippen LogP contribution < -0.4 is 5.32 Å².